The van der Waals surface area contributed by atoms with Crippen LogP contribution in [-0.4, -0.2) is 24.0 Å². The van der Waals surface area contributed by atoms with E-state index in [4.69, 9.17) is 45.9 Å². The standard InChI is InChI=1S/C22H25Cl2N3O3S2/c1-22(2,3)10-5-6-12-15(7-10)32-20(16(12)18(25)28)27-21(31)26-19(29)13-8-11(23)9-14(24)17(13)30-4/h8-10H,5-7H2,1-4H3,(H2,25,28)(H2,26,27,29,31)/t10-/m0/s1. The average Bonchev–Trinajstić information content (AvgIpc) is 3.03. The lowest BCUT2D eigenvalue weighted by Crippen LogP contribution is -2.34. The number of thiophene rings is 1. The Kier molecular flexibility index (Phi) is 7.39. The number of fused-ring (bicyclic) bond motifs is 1. The summed E-state index contributed by atoms with van der Waals surface area (Å²) in [7, 11) is 1.41. The van der Waals surface area contributed by atoms with Gasteiger partial charge < -0.3 is 15.8 Å². The van der Waals surface area contributed by atoms with Crippen LogP contribution >= 0.6 is 46.8 Å². The molecule has 0 saturated heterocycles. The van der Waals surface area contributed by atoms with Crippen molar-refractivity contribution < 1.29 is 14.3 Å². The van der Waals surface area contributed by atoms with Gasteiger partial charge in [-0.1, -0.05) is 44.0 Å². The highest BCUT2D eigenvalue weighted by Crippen LogP contribution is 2.44. The lowest BCUT2D eigenvalue weighted by Gasteiger charge is -2.33. The minimum Gasteiger partial charge on any atom is -0.494 e. The molecule has 1 aliphatic carbocycles. The summed E-state index contributed by atoms with van der Waals surface area (Å²) in [5.41, 5.74) is 7.42. The van der Waals surface area contributed by atoms with Crippen LogP contribution in [0.15, 0.2) is 12.1 Å². The summed E-state index contributed by atoms with van der Waals surface area (Å²) < 4.78 is 5.22. The van der Waals surface area contributed by atoms with E-state index in [1.807, 2.05) is 0 Å². The number of methoxy groups -OCH3 is 1. The van der Waals surface area contributed by atoms with Gasteiger partial charge in [-0.05, 0) is 60.5 Å². The van der Waals surface area contributed by atoms with Crippen molar-refractivity contribution in [2.75, 3.05) is 12.4 Å². The van der Waals surface area contributed by atoms with Gasteiger partial charge in [0, 0.05) is 9.90 Å². The molecule has 0 aliphatic heterocycles. The molecule has 0 unspecified atom stereocenters. The number of benzene rings is 1. The second-order valence-electron chi connectivity index (χ2n) is 8.75. The molecular formula is C22H25Cl2N3O3S2. The zero-order chi connectivity index (χ0) is 23.8. The molecule has 0 bridgehead atoms. The first-order valence-corrected chi connectivity index (χ1v) is 12.0. The number of primary amides is 1. The number of thiocarbonyl (C=S) groups is 1. The molecule has 2 aromatic rings. The number of nitrogens with two attached hydrogens (primary N) is 1. The summed E-state index contributed by atoms with van der Waals surface area (Å²) in [6.45, 7) is 6.68. The van der Waals surface area contributed by atoms with Crippen LogP contribution in [0.3, 0.4) is 0 Å². The number of nitrogens with one attached hydrogen (secondary N) is 2. The van der Waals surface area contributed by atoms with Crippen molar-refractivity contribution in [2.45, 2.75) is 40.0 Å². The molecule has 0 saturated carbocycles. The van der Waals surface area contributed by atoms with Gasteiger partial charge in [0.05, 0.1) is 23.3 Å². The van der Waals surface area contributed by atoms with E-state index in [1.54, 1.807) is 0 Å². The topological polar surface area (TPSA) is 93.4 Å². The predicted octanol–water partition coefficient (Wildman–Crippen LogP) is 5.44. The van der Waals surface area contributed by atoms with Crippen molar-refractivity contribution >= 4 is 68.7 Å². The number of carbonyl (C=O) groups excluding carboxylic acids is 2. The number of hydrogen-bond donors (Lipinski definition) is 3. The second-order valence-corrected chi connectivity index (χ2v) is 11.1. The smallest absolute Gasteiger partial charge is 0.261 e. The van der Waals surface area contributed by atoms with Crippen LogP contribution in [0.5, 0.6) is 5.75 Å². The van der Waals surface area contributed by atoms with E-state index in [0.717, 1.165) is 29.7 Å². The number of hydrogen-bond acceptors (Lipinski definition) is 5. The molecule has 32 heavy (non-hydrogen) atoms. The monoisotopic (exact) mass is 513 g/mol. The number of anilines is 1. The van der Waals surface area contributed by atoms with Crippen molar-refractivity contribution in [3.05, 3.63) is 43.7 Å². The molecule has 1 heterocycles. The summed E-state index contributed by atoms with van der Waals surface area (Å²) in [6, 6.07) is 2.92. The first-order chi connectivity index (χ1) is 14.9. The number of ether oxygens (including phenoxy) is 1. The van der Waals surface area contributed by atoms with Crippen molar-refractivity contribution in [3.8, 4) is 5.75 Å². The Hall–Kier alpha value is -1.87. The Balaban J connectivity index is 1.82. The van der Waals surface area contributed by atoms with Crippen LogP contribution in [0, 0.1) is 11.3 Å². The highest BCUT2D eigenvalue weighted by Gasteiger charge is 2.33. The van der Waals surface area contributed by atoms with Gasteiger partial charge in [-0.25, -0.2) is 0 Å². The van der Waals surface area contributed by atoms with Crippen LogP contribution in [-0.2, 0) is 12.8 Å². The third-order valence-electron chi connectivity index (χ3n) is 5.65. The highest BCUT2D eigenvalue weighted by molar-refractivity contribution is 7.80. The minimum absolute atomic E-state index is 0.0293. The molecule has 1 atom stereocenters. The Labute approximate surface area is 206 Å². The first-order valence-electron chi connectivity index (χ1n) is 10.0. The average molecular weight is 515 g/mol. The molecule has 6 nitrogen and oxygen atoms in total. The van der Waals surface area contributed by atoms with Gasteiger partial charge in [0.15, 0.2) is 5.11 Å². The molecule has 0 radical (unpaired) electrons. The molecule has 1 aromatic carbocycles. The van der Waals surface area contributed by atoms with Crippen molar-refractivity contribution in [3.63, 3.8) is 0 Å². The molecule has 1 aliphatic rings. The van der Waals surface area contributed by atoms with Gasteiger partial charge >= 0.3 is 0 Å². The predicted molar refractivity (Wildman–Crippen MR) is 135 cm³/mol. The first kappa shape index (κ1) is 24.8. The van der Waals surface area contributed by atoms with Crippen LogP contribution < -0.4 is 21.1 Å². The van der Waals surface area contributed by atoms with Crippen LogP contribution in [0.2, 0.25) is 10.0 Å². The van der Waals surface area contributed by atoms with E-state index in [2.05, 4.69) is 31.4 Å². The Morgan fingerprint density at radius 2 is 1.97 bits per heavy atom. The van der Waals surface area contributed by atoms with E-state index < -0.39 is 11.8 Å². The van der Waals surface area contributed by atoms with Gasteiger partial charge in [0.25, 0.3) is 11.8 Å². The van der Waals surface area contributed by atoms with Gasteiger partial charge in [-0.2, -0.15) is 0 Å². The Morgan fingerprint density at radius 3 is 2.56 bits per heavy atom. The van der Waals surface area contributed by atoms with Gasteiger partial charge in [-0.3, -0.25) is 14.9 Å². The summed E-state index contributed by atoms with van der Waals surface area (Å²) in [6.07, 6.45) is 2.65. The summed E-state index contributed by atoms with van der Waals surface area (Å²) >= 11 is 18.9. The molecule has 172 valence electrons. The number of amides is 2. The van der Waals surface area contributed by atoms with Gasteiger partial charge in [-0.15, -0.1) is 11.3 Å². The number of halogens is 2. The Morgan fingerprint density at radius 1 is 1.28 bits per heavy atom. The molecule has 0 fully saturated rings. The molecular weight excluding hydrogens is 489 g/mol. The maximum atomic E-state index is 12.8. The maximum Gasteiger partial charge on any atom is 0.261 e. The molecule has 0 spiro atoms. The van der Waals surface area contributed by atoms with E-state index >= 15 is 0 Å². The normalized spacial score (nSPS) is 15.6. The van der Waals surface area contributed by atoms with Gasteiger partial charge in [0.1, 0.15) is 10.8 Å². The number of carbonyl (C=O) groups is 2. The zero-order valence-corrected chi connectivity index (χ0v) is 21.4. The summed E-state index contributed by atoms with van der Waals surface area (Å²) in [5, 5.41) is 6.64. The summed E-state index contributed by atoms with van der Waals surface area (Å²) in [5.74, 6) is -0.363. The fourth-order valence-electron chi connectivity index (χ4n) is 3.92. The summed E-state index contributed by atoms with van der Waals surface area (Å²) in [4.78, 5) is 26.1. The molecule has 3 rings (SSSR count). The van der Waals surface area contributed by atoms with Crippen molar-refractivity contribution in [1.29, 1.82) is 0 Å². The van der Waals surface area contributed by atoms with E-state index in [-0.39, 0.29) is 31.9 Å². The van der Waals surface area contributed by atoms with E-state index in [0.29, 0.717) is 16.5 Å². The third-order valence-corrected chi connectivity index (χ3v) is 7.52. The molecule has 1 aromatic heterocycles. The zero-order valence-electron chi connectivity index (χ0n) is 18.2. The quantitative estimate of drug-likeness (QED) is 0.473. The van der Waals surface area contributed by atoms with Gasteiger partial charge in [0.2, 0.25) is 0 Å². The fraction of sp³-hybridized carbons (Fsp3) is 0.409. The van der Waals surface area contributed by atoms with Crippen LogP contribution in [0.25, 0.3) is 0 Å². The third kappa shape index (κ3) is 5.20. The molecule has 2 amide bonds. The van der Waals surface area contributed by atoms with Crippen LogP contribution in [0.1, 0.15) is 58.3 Å². The number of rotatable bonds is 4. The largest absolute Gasteiger partial charge is 0.494 e. The van der Waals surface area contributed by atoms with E-state index in [1.165, 1.54) is 30.6 Å². The lowest BCUT2D eigenvalue weighted by atomic mass is 9.72. The highest BCUT2D eigenvalue weighted by atomic mass is 35.5. The Bertz CT molecular complexity index is 1090. The van der Waals surface area contributed by atoms with Crippen molar-refractivity contribution in [1.82, 2.24) is 5.32 Å². The van der Waals surface area contributed by atoms with Crippen molar-refractivity contribution in [2.24, 2.45) is 17.1 Å². The lowest BCUT2D eigenvalue weighted by molar-refractivity contribution is 0.0972. The van der Waals surface area contributed by atoms with E-state index in [9.17, 15) is 9.59 Å². The maximum absolute atomic E-state index is 12.8. The second kappa shape index (κ2) is 9.55. The minimum atomic E-state index is -0.543. The van der Waals surface area contributed by atoms with Crippen LogP contribution in [0.4, 0.5) is 5.00 Å². The molecule has 4 N–H and O–H groups in total. The molecule has 10 heteroatoms. The SMILES string of the molecule is COc1c(Cl)cc(Cl)cc1C(=O)NC(=S)Nc1sc2c(c1C(N)=O)CC[C@H](C(C)(C)C)C2. The fourth-order valence-corrected chi connectivity index (χ4v) is 6.08.